The molecule has 1 fully saturated rings. The van der Waals surface area contributed by atoms with Crippen LogP contribution in [0.1, 0.15) is 12.8 Å². The van der Waals surface area contributed by atoms with E-state index in [0.29, 0.717) is 11.8 Å². The van der Waals surface area contributed by atoms with Crippen LogP contribution in [0.25, 0.3) is 0 Å². The van der Waals surface area contributed by atoms with E-state index in [1.165, 1.54) is 0 Å². The summed E-state index contributed by atoms with van der Waals surface area (Å²) < 4.78 is 0. The van der Waals surface area contributed by atoms with Crippen LogP contribution in [-0.2, 0) is 0 Å². The summed E-state index contributed by atoms with van der Waals surface area (Å²) >= 11 is 6.04. The van der Waals surface area contributed by atoms with Crippen molar-refractivity contribution in [2.24, 2.45) is 11.8 Å². The van der Waals surface area contributed by atoms with Crippen molar-refractivity contribution in [3.63, 3.8) is 0 Å². The van der Waals surface area contributed by atoms with Gasteiger partial charge in [0, 0.05) is 5.92 Å². The molecular formula is C8H8ClN. The summed E-state index contributed by atoms with van der Waals surface area (Å²) in [5.74, 6) is 0.909. The highest BCUT2D eigenvalue weighted by Crippen LogP contribution is 2.49. The maximum Gasteiger partial charge on any atom is 0.137 e. The molecule has 3 unspecified atom stereocenters. The quantitative estimate of drug-likeness (QED) is 0.386. The number of hydrogen-bond acceptors (Lipinski definition) is 1. The van der Waals surface area contributed by atoms with Gasteiger partial charge in [-0.1, -0.05) is 12.2 Å². The van der Waals surface area contributed by atoms with E-state index in [1.807, 2.05) is 0 Å². The van der Waals surface area contributed by atoms with Gasteiger partial charge in [0.2, 0.25) is 0 Å². The van der Waals surface area contributed by atoms with Gasteiger partial charge in [-0.3, -0.25) is 0 Å². The molecule has 0 N–H and O–H groups in total. The molecule has 52 valence electrons. The van der Waals surface area contributed by atoms with Crippen molar-refractivity contribution in [3.05, 3.63) is 12.2 Å². The lowest BCUT2D eigenvalue weighted by Crippen LogP contribution is -2.23. The number of allylic oxidation sites excluding steroid dienone is 2. The van der Waals surface area contributed by atoms with E-state index in [0.717, 1.165) is 12.8 Å². The molecule has 2 heteroatoms. The van der Waals surface area contributed by atoms with Gasteiger partial charge >= 0.3 is 0 Å². The first-order valence-electron chi connectivity index (χ1n) is 3.53. The van der Waals surface area contributed by atoms with Gasteiger partial charge in [-0.25, -0.2) is 0 Å². The molecule has 0 aromatic rings. The van der Waals surface area contributed by atoms with Crippen molar-refractivity contribution < 1.29 is 0 Å². The first-order chi connectivity index (χ1) is 4.74. The zero-order valence-electron chi connectivity index (χ0n) is 5.55. The molecule has 3 atom stereocenters. The minimum absolute atomic E-state index is 0.323. The summed E-state index contributed by atoms with van der Waals surface area (Å²) in [5, 5.41) is 8.73. The molecule has 2 rings (SSSR count). The van der Waals surface area contributed by atoms with Crippen molar-refractivity contribution in [1.82, 2.24) is 0 Å². The fourth-order valence-electron chi connectivity index (χ4n) is 1.93. The molecule has 0 spiro atoms. The van der Waals surface area contributed by atoms with Crippen LogP contribution in [-0.4, -0.2) is 4.87 Å². The Morgan fingerprint density at radius 3 is 2.70 bits per heavy atom. The Morgan fingerprint density at radius 1 is 1.60 bits per heavy atom. The number of hydrogen-bond donors (Lipinski definition) is 0. The predicted octanol–water partition coefficient (Wildman–Crippen LogP) is 2.08. The normalized spacial score (nSPS) is 49.6. The maximum absolute atomic E-state index is 8.73. The van der Waals surface area contributed by atoms with Crippen LogP contribution in [0.15, 0.2) is 12.2 Å². The highest BCUT2D eigenvalue weighted by atomic mass is 35.5. The SMILES string of the molecule is N#CC1(Cl)CC2C=CC1C2. The lowest BCUT2D eigenvalue weighted by atomic mass is 9.94. The number of nitrogens with zero attached hydrogens (tertiary/aromatic N) is 1. The van der Waals surface area contributed by atoms with Crippen molar-refractivity contribution >= 4 is 11.6 Å². The molecule has 0 saturated heterocycles. The van der Waals surface area contributed by atoms with E-state index >= 15 is 0 Å². The Balaban J connectivity index is 2.33. The average Bonchev–Trinajstić information content (AvgIpc) is 2.46. The van der Waals surface area contributed by atoms with Crippen molar-refractivity contribution in [2.45, 2.75) is 17.7 Å². The molecular weight excluding hydrogens is 146 g/mol. The van der Waals surface area contributed by atoms with Gasteiger partial charge in [-0.15, -0.1) is 11.6 Å². The average molecular weight is 154 g/mol. The zero-order chi connectivity index (χ0) is 7.19. The lowest BCUT2D eigenvalue weighted by Gasteiger charge is -2.19. The van der Waals surface area contributed by atoms with Crippen LogP contribution in [0, 0.1) is 23.2 Å². The molecule has 0 aromatic heterocycles. The van der Waals surface area contributed by atoms with E-state index < -0.39 is 4.87 Å². The molecule has 2 aliphatic carbocycles. The monoisotopic (exact) mass is 153 g/mol. The van der Waals surface area contributed by atoms with Crippen LogP contribution < -0.4 is 0 Å². The van der Waals surface area contributed by atoms with E-state index in [1.54, 1.807) is 0 Å². The first kappa shape index (κ1) is 6.24. The smallest absolute Gasteiger partial charge is 0.137 e. The third-order valence-electron chi connectivity index (χ3n) is 2.51. The summed E-state index contributed by atoms with van der Waals surface area (Å²) in [6, 6.07) is 2.19. The lowest BCUT2D eigenvalue weighted by molar-refractivity contribution is 0.602. The number of fused-ring (bicyclic) bond motifs is 2. The minimum Gasteiger partial charge on any atom is -0.196 e. The number of rotatable bonds is 0. The van der Waals surface area contributed by atoms with Gasteiger partial charge in [0.1, 0.15) is 4.87 Å². The molecule has 0 heterocycles. The summed E-state index contributed by atoms with van der Waals surface area (Å²) in [6.45, 7) is 0. The highest BCUT2D eigenvalue weighted by molar-refractivity contribution is 6.26. The summed E-state index contributed by atoms with van der Waals surface area (Å²) in [5.41, 5.74) is 0. The number of halogens is 1. The zero-order valence-corrected chi connectivity index (χ0v) is 6.30. The second-order valence-electron chi connectivity index (χ2n) is 3.17. The standard InChI is InChI=1S/C8H8ClN/c9-8(5-10)4-6-1-2-7(8)3-6/h1-2,6-7H,3-4H2. The van der Waals surface area contributed by atoms with Crippen molar-refractivity contribution in [3.8, 4) is 6.07 Å². The molecule has 0 amide bonds. The Hall–Kier alpha value is -0.480. The van der Waals surface area contributed by atoms with E-state index in [9.17, 15) is 0 Å². The van der Waals surface area contributed by atoms with Crippen molar-refractivity contribution in [1.29, 1.82) is 5.26 Å². The van der Waals surface area contributed by atoms with Crippen LogP contribution >= 0.6 is 11.6 Å². The molecule has 0 aliphatic heterocycles. The van der Waals surface area contributed by atoms with Gasteiger partial charge < -0.3 is 0 Å². The molecule has 1 nitrogen and oxygen atoms in total. The predicted molar refractivity (Wildman–Crippen MR) is 39.6 cm³/mol. The second kappa shape index (κ2) is 1.77. The highest BCUT2D eigenvalue weighted by Gasteiger charge is 2.47. The molecule has 2 aliphatic rings. The second-order valence-corrected chi connectivity index (χ2v) is 3.84. The molecule has 0 radical (unpaired) electrons. The van der Waals surface area contributed by atoms with E-state index in [4.69, 9.17) is 16.9 Å². The Bertz CT molecular complexity index is 228. The van der Waals surface area contributed by atoms with Gasteiger partial charge in [0.15, 0.2) is 0 Å². The molecule has 1 saturated carbocycles. The van der Waals surface area contributed by atoms with Crippen molar-refractivity contribution in [2.75, 3.05) is 0 Å². The van der Waals surface area contributed by atoms with E-state index in [-0.39, 0.29) is 0 Å². The van der Waals surface area contributed by atoms with Crippen LogP contribution in [0.3, 0.4) is 0 Å². The van der Waals surface area contributed by atoms with Gasteiger partial charge in [0.25, 0.3) is 0 Å². The van der Waals surface area contributed by atoms with E-state index in [2.05, 4.69) is 18.2 Å². The Morgan fingerprint density at radius 2 is 2.40 bits per heavy atom. The molecule has 2 bridgehead atoms. The third kappa shape index (κ3) is 0.630. The Kier molecular flexibility index (Phi) is 1.10. The fraction of sp³-hybridized carbons (Fsp3) is 0.625. The molecule has 10 heavy (non-hydrogen) atoms. The number of alkyl halides is 1. The first-order valence-corrected chi connectivity index (χ1v) is 3.91. The number of nitriles is 1. The fourth-order valence-corrected chi connectivity index (χ4v) is 2.29. The van der Waals surface area contributed by atoms with Gasteiger partial charge in [0.05, 0.1) is 6.07 Å². The summed E-state index contributed by atoms with van der Waals surface area (Å²) in [7, 11) is 0. The van der Waals surface area contributed by atoms with Crippen LogP contribution in [0.5, 0.6) is 0 Å². The minimum atomic E-state index is -0.556. The van der Waals surface area contributed by atoms with Gasteiger partial charge in [-0.05, 0) is 18.8 Å². The largest absolute Gasteiger partial charge is 0.196 e. The van der Waals surface area contributed by atoms with Crippen LogP contribution in [0.4, 0.5) is 0 Å². The summed E-state index contributed by atoms with van der Waals surface area (Å²) in [6.07, 6.45) is 6.22. The summed E-state index contributed by atoms with van der Waals surface area (Å²) in [4.78, 5) is -0.556. The van der Waals surface area contributed by atoms with Gasteiger partial charge in [-0.2, -0.15) is 5.26 Å². The molecule has 0 aromatic carbocycles. The Labute approximate surface area is 65.3 Å². The van der Waals surface area contributed by atoms with Crippen LogP contribution in [0.2, 0.25) is 0 Å². The maximum atomic E-state index is 8.73. The topological polar surface area (TPSA) is 23.8 Å². The third-order valence-corrected chi connectivity index (χ3v) is 3.02.